The van der Waals surface area contributed by atoms with Crippen LogP contribution >= 0.6 is 27.7 Å². The van der Waals surface area contributed by atoms with Crippen molar-refractivity contribution in [2.45, 2.75) is 6.04 Å². The van der Waals surface area contributed by atoms with Gasteiger partial charge in [-0.1, -0.05) is 0 Å². The topological polar surface area (TPSA) is 50.4 Å². The minimum absolute atomic E-state index is 0.0132. The Bertz CT molecular complexity index is 436. The highest BCUT2D eigenvalue weighted by Crippen LogP contribution is 2.27. The summed E-state index contributed by atoms with van der Waals surface area (Å²) in [5.41, 5.74) is 0.769. The maximum Gasteiger partial charge on any atom is 0.242 e. The zero-order valence-electron chi connectivity index (χ0n) is 10.0. The Morgan fingerprint density at radius 1 is 1.61 bits per heavy atom. The highest BCUT2D eigenvalue weighted by molar-refractivity contribution is 9.10. The number of hydrogen-bond acceptors (Lipinski definition) is 4. The second-order valence-electron chi connectivity index (χ2n) is 3.92. The van der Waals surface area contributed by atoms with Crippen LogP contribution in [0.2, 0.25) is 0 Å². The van der Waals surface area contributed by atoms with Gasteiger partial charge in [0.15, 0.2) is 0 Å². The predicted molar refractivity (Wildman–Crippen MR) is 78.4 cm³/mol. The first kappa shape index (κ1) is 13.7. The normalized spacial score (nSPS) is 19.3. The Morgan fingerprint density at radius 3 is 3.06 bits per heavy atom. The van der Waals surface area contributed by atoms with Gasteiger partial charge in [-0.3, -0.25) is 4.79 Å². The molecule has 1 saturated heterocycles. The molecule has 1 atom stereocenters. The number of rotatable bonds is 3. The van der Waals surface area contributed by atoms with Crippen molar-refractivity contribution in [1.29, 1.82) is 0 Å². The molecular formula is C12H15BrN2O2S. The van der Waals surface area contributed by atoms with Crippen LogP contribution in [-0.4, -0.2) is 37.1 Å². The van der Waals surface area contributed by atoms with E-state index in [4.69, 9.17) is 4.74 Å². The van der Waals surface area contributed by atoms with E-state index >= 15 is 0 Å². The predicted octanol–water partition coefficient (Wildman–Crippen LogP) is 2.10. The molecule has 1 aliphatic heterocycles. The second-order valence-corrected chi connectivity index (χ2v) is 5.92. The summed E-state index contributed by atoms with van der Waals surface area (Å²) >= 11 is 5.20. The quantitative estimate of drug-likeness (QED) is 0.891. The summed E-state index contributed by atoms with van der Waals surface area (Å²) < 4.78 is 5.97. The molecule has 0 radical (unpaired) electrons. The molecule has 1 heterocycles. The molecule has 2 rings (SSSR count). The molecule has 1 aliphatic rings. The summed E-state index contributed by atoms with van der Waals surface area (Å²) in [6.45, 7) is 0.884. The molecule has 1 fully saturated rings. The molecule has 98 valence electrons. The molecule has 4 nitrogen and oxygen atoms in total. The van der Waals surface area contributed by atoms with E-state index in [2.05, 4.69) is 26.6 Å². The highest BCUT2D eigenvalue weighted by atomic mass is 79.9. The van der Waals surface area contributed by atoms with Gasteiger partial charge in [-0.25, -0.2) is 0 Å². The number of thioether (sulfide) groups is 1. The van der Waals surface area contributed by atoms with Crippen LogP contribution in [0.25, 0.3) is 0 Å². The molecule has 0 aliphatic carbocycles. The molecule has 0 aromatic heterocycles. The monoisotopic (exact) mass is 330 g/mol. The third kappa shape index (κ3) is 3.40. The number of ether oxygens (including phenoxy) is 1. The maximum absolute atomic E-state index is 12.0. The lowest BCUT2D eigenvalue weighted by Crippen LogP contribution is -2.46. The summed E-state index contributed by atoms with van der Waals surface area (Å²) in [4.78, 5) is 12.0. The van der Waals surface area contributed by atoms with E-state index in [0.29, 0.717) is 0 Å². The summed E-state index contributed by atoms with van der Waals surface area (Å²) in [5, 5.41) is 6.11. The Labute approximate surface area is 119 Å². The fourth-order valence-corrected chi connectivity index (χ4v) is 3.18. The minimum atomic E-state index is -0.107. The van der Waals surface area contributed by atoms with Crippen molar-refractivity contribution in [2.24, 2.45) is 0 Å². The SMILES string of the molecule is COc1ccc(NC(=O)C2CSCCN2)cc1Br. The van der Waals surface area contributed by atoms with E-state index < -0.39 is 0 Å². The van der Waals surface area contributed by atoms with E-state index in [-0.39, 0.29) is 11.9 Å². The van der Waals surface area contributed by atoms with E-state index in [0.717, 1.165) is 34.0 Å². The van der Waals surface area contributed by atoms with Gasteiger partial charge in [0.1, 0.15) is 5.75 Å². The van der Waals surface area contributed by atoms with Gasteiger partial charge in [-0.2, -0.15) is 11.8 Å². The van der Waals surface area contributed by atoms with Crippen LogP contribution < -0.4 is 15.4 Å². The summed E-state index contributed by atoms with van der Waals surface area (Å²) in [6, 6.07) is 5.39. The van der Waals surface area contributed by atoms with Crippen LogP contribution in [0.3, 0.4) is 0 Å². The van der Waals surface area contributed by atoms with Gasteiger partial charge in [0.25, 0.3) is 0 Å². The molecule has 2 N–H and O–H groups in total. The van der Waals surface area contributed by atoms with Crippen LogP contribution in [0.1, 0.15) is 0 Å². The Kier molecular flexibility index (Phi) is 4.91. The smallest absolute Gasteiger partial charge is 0.242 e. The zero-order valence-corrected chi connectivity index (χ0v) is 12.4. The lowest BCUT2D eigenvalue weighted by molar-refractivity contribution is -0.117. The Hall–Kier alpha value is -0.720. The van der Waals surface area contributed by atoms with E-state index in [1.165, 1.54) is 0 Å². The van der Waals surface area contributed by atoms with Crippen LogP contribution in [0.4, 0.5) is 5.69 Å². The van der Waals surface area contributed by atoms with Crippen molar-refractivity contribution in [3.8, 4) is 5.75 Å². The molecule has 6 heteroatoms. The summed E-state index contributed by atoms with van der Waals surface area (Å²) in [6.07, 6.45) is 0. The zero-order chi connectivity index (χ0) is 13.0. The van der Waals surface area contributed by atoms with Crippen LogP contribution in [0, 0.1) is 0 Å². The van der Waals surface area contributed by atoms with Crippen molar-refractivity contribution >= 4 is 39.3 Å². The minimum Gasteiger partial charge on any atom is -0.496 e. The van der Waals surface area contributed by atoms with Gasteiger partial charge in [-0.15, -0.1) is 0 Å². The third-order valence-corrected chi connectivity index (χ3v) is 4.34. The molecule has 0 bridgehead atoms. The Morgan fingerprint density at radius 2 is 2.44 bits per heavy atom. The number of amides is 1. The number of benzene rings is 1. The van der Waals surface area contributed by atoms with Crippen LogP contribution in [-0.2, 0) is 4.79 Å². The first-order chi connectivity index (χ1) is 8.70. The molecule has 1 unspecified atom stereocenters. The maximum atomic E-state index is 12.0. The van der Waals surface area contributed by atoms with Gasteiger partial charge in [0.2, 0.25) is 5.91 Å². The molecule has 1 aromatic rings. The van der Waals surface area contributed by atoms with Gasteiger partial charge in [0.05, 0.1) is 17.6 Å². The van der Waals surface area contributed by atoms with Crippen molar-refractivity contribution < 1.29 is 9.53 Å². The molecule has 1 aromatic carbocycles. The average molecular weight is 331 g/mol. The fourth-order valence-electron chi connectivity index (χ4n) is 1.71. The highest BCUT2D eigenvalue weighted by Gasteiger charge is 2.20. The van der Waals surface area contributed by atoms with Gasteiger partial charge >= 0.3 is 0 Å². The van der Waals surface area contributed by atoms with Gasteiger partial charge in [-0.05, 0) is 34.1 Å². The molecule has 0 saturated carbocycles. The summed E-state index contributed by atoms with van der Waals surface area (Å²) in [5.74, 6) is 2.65. The number of carbonyl (C=O) groups excluding carboxylic acids is 1. The second kappa shape index (κ2) is 6.45. The Balaban J connectivity index is 2.00. The summed E-state index contributed by atoms with van der Waals surface area (Å²) in [7, 11) is 1.61. The van der Waals surface area contributed by atoms with E-state index in [1.54, 1.807) is 18.9 Å². The first-order valence-electron chi connectivity index (χ1n) is 5.66. The van der Waals surface area contributed by atoms with Crippen molar-refractivity contribution in [3.05, 3.63) is 22.7 Å². The standard InChI is InChI=1S/C12H15BrN2O2S/c1-17-11-3-2-8(6-9(11)13)15-12(16)10-7-18-5-4-14-10/h2-3,6,10,14H,4-5,7H2,1H3,(H,15,16). The number of halogens is 1. The van der Waals surface area contributed by atoms with E-state index in [1.807, 2.05) is 18.2 Å². The molecule has 1 amide bonds. The first-order valence-corrected chi connectivity index (χ1v) is 7.61. The number of nitrogens with one attached hydrogen (secondary N) is 2. The third-order valence-electron chi connectivity index (χ3n) is 2.66. The lowest BCUT2D eigenvalue weighted by atomic mass is 10.2. The van der Waals surface area contributed by atoms with Crippen molar-refractivity contribution in [1.82, 2.24) is 5.32 Å². The molecule has 18 heavy (non-hydrogen) atoms. The van der Waals surface area contributed by atoms with Crippen molar-refractivity contribution in [2.75, 3.05) is 30.5 Å². The number of methoxy groups -OCH3 is 1. The fraction of sp³-hybridized carbons (Fsp3) is 0.417. The number of carbonyl (C=O) groups is 1. The van der Waals surface area contributed by atoms with Gasteiger partial charge < -0.3 is 15.4 Å². The van der Waals surface area contributed by atoms with Crippen molar-refractivity contribution in [3.63, 3.8) is 0 Å². The molecular weight excluding hydrogens is 316 g/mol. The number of hydrogen-bond donors (Lipinski definition) is 2. The molecule has 0 spiro atoms. The lowest BCUT2D eigenvalue weighted by Gasteiger charge is -2.22. The van der Waals surface area contributed by atoms with Crippen LogP contribution in [0.15, 0.2) is 22.7 Å². The van der Waals surface area contributed by atoms with E-state index in [9.17, 15) is 4.79 Å². The van der Waals surface area contributed by atoms with Gasteiger partial charge in [0, 0.05) is 23.7 Å². The average Bonchev–Trinajstić information content (AvgIpc) is 2.40. The number of anilines is 1. The van der Waals surface area contributed by atoms with Crippen LogP contribution in [0.5, 0.6) is 5.75 Å². The largest absolute Gasteiger partial charge is 0.496 e.